The molecule has 0 aromatic heterocycles. The van der Waals surface area contributed by atoms with Gasteiger partial charge in [0, 0.05) is 32.9 Å². The van der Waals surface area contributed by atoms with Gasteiger partial charge in [-0.1, -0.05) is 0 Å². The number of ether oxygens (including phenoxy) is 2. The average molecular weight is 266 g/mol. The number of nitrogen functional groups attached to an aromatic ring is 1. The van der Waals surface area contributed by atoms with E-state index in [1.54, 1.807) is 25.2 Å². The van der Waals surface area contributed by atoms with E-state index in [2.05, 4.69) is 0 Å². The molecular weight excluding hydrogens is 248 g/mol. The Morgan fingerprint density at radius 3 is 2.37 bits per heavy atom. The van der Waals surface area contributed by atoms with E-state index in [-0.39, 0.29) is 29.6 Å². The number of benzene rings is 1. The number of phenols is 1. The number of hydrogen-bond acceptors (Lipinski definition) is 5. The number of amides is 1. The quantitative estimate of drug-likeness (QED) is 0.613. The number of nitrogens with two attached hydrogens (primary N) is 1. The normalized spacial score (nSPS) is 22.7. The first-order valence-electron chi connectivity index (χ1n) is 6.00. The van der Waals surface area contributed by atoms with E-state index in [0.717, 1.165) is 0 Å². The van der Waals surface area contributed by atoms with Crippen LogP contribution in [-0.4, -0.2) is 55.4 Å². The average Bonchev–Trinajstić information content (AvgIpc) is 2.84. The maximum absolute atomic E-state index is 12.3. The van der Waals surface area contributed by atoms with Gasteiger partial charge in [0.05, 0.1) is 5.69 Å². The molecule has 6 nitrogen and oxygen atoms in total. The summed E-state index contributed by atoms with van der Waals surface area (Å²) in [6, 6.07) is 4.49. The number of carbonyl (C=O) groups excluding carboxylic acids is 1. The molecule has 6 heteroatoms. The maximum atomic E-state index is 12.3. The van der Waals surface area contributed by atoms with Crippen molar-refractivity contribution in [2.75, 3.05) is 33.0 Å². The first-order valence-corrected chi connectivity index (χ1v) is 6.00. The van der Waals surface area contributed by atoms with Crippen LogP contribution in [0.1, 0.15) is 10.4 Å². The molecule has 0 radical (unpaired) electrons. The Kier molecular flexibility index (Phi) is 3.92. The van der Waals surface area contributed by atoms with Crippen molar-refractivity contribution in [1.29, 1.82) is 0 Å². The molecule has 0 aliphatic carbocycles. The zero-order chi connectivity index (χ0) is 14.0. The predicted octanol–water partition coefficient (Wildman–Crippen LogP) is 0.460. The summed E-state index contributed by atoms with van der Waals surface area (Å²) in [5.41, 5.74) is 6.17. The maximum Gasteiger partial charge on any atom is 0.254 e. The van der Waals surface area contributed by atoms with Crippen LogP contribution in [0, 0.1) is 0 Å². The smallest absolute Gasteiger partial charge is 0.254 e. The third-order valence-electron chi connectivity index (χ3n) is 3.39. The minimum absolute atomic E-state index is 0.0865. The molecule has 0 spiro atoms. The van der Waals surface area contributed by atoms with Crippen LogP contribution in [0.25, 0.3) is 0 Å². The van der Waals surface area contributed by atoms with E-state index in [4.69, 9.17) is 15.2 Å². The topological polar surface area (TPSA) is 85.0 Å². The summed E-state index contributed by atoms with van der Waals surface area (Å²) < 4.78 is 10.6. The molecule has 19 heavy (non-hydrogen) atoms. The summed E-state index contributed by atoms with van der Waals surface area (Å²) in [6.45, 7) is 0.942. The van der Waals surface area contributed by atoms with Crippen molar-refractivity contribution in [3.05, 3.63) is 23.8 Å². The Bertz CT molecular complexity index is 466. The van der Waals surface area contributed by atoms with Gasteiger partial charge >= 0.3 is 0 Å². The van der Waals surface area contributed by atoms with Crippen molar-refractivity contribution in [1.82, 2.24) is 4.90 Å². The lowest BCUT2D eigenvalue weighted by atomic mass is 10.1. The van der Waals surface area contributed by atoms with Crippen LogP contribution in [0.4, 0.5) is 5.69 Å². The number of anilines is 1. The van der Waals surface area contributed by atoms with E-state index < -0.39 is 0 Å². The first-order chi connectivity index (χ1) is 9.06. The molecule has 1 heterocycles. The molecule has 1 aliphatic rings. The monoisotopic (exact) mass is 266 g/mol. The lowest BCUT2D eigenvalue weighted by Crippen LogP contribution is -2.30. The second kappa shape index (κ2) is 5.46. The van der Waals surface area contributed by atoms with Crippen molar-refractivity contribution < 1.29 is 19.4 Å². The lowest BCUT2D eigenvalue weighted by molar-refractivity contribution is -0.00461. The van der Waals surface area contributed by atoms with Crippen molar-refractivity contribution in [3.8, 4) is 5.75 Å². The largest absolute Gasteiger partial charge is 0.506 e. The van der Waals surface area contributed by atoms with Gasteiger partial charge in [-0.05, 0) is 18.2 Å². The van der Waals surface area contributed by atoms with Gasteiger partial charge in [0.1, 0.15) is 18.0 Å². The van der Waals surface area contributed by atoms with E-state index in [1.807, 2.05) is 0 Å². The van der Waals surface area contributed by atoms with Gasteiger partial charge in [-0.3, -0.25) is 4.79 Å². The third-order valence-corrected chi connectivity index (χ3v) is 3.39. The number of aromatic hydroxyl groups is 1. The summed E-state index contributed by atoms with van der Waals surface area (Å²) >= 11 is 0. The molecule has 1 aromatic carbocycles. The molecule has 2 rings (SSSR count). The second-order valence-electron chi connectivity index (χ2n) is 4.53. The fourth-order valence-electron chi connectivity index (χ4n) is 2.22. The van der Waals surface area contributed by atoms with Crippen LogP contribution in [0.15, 0.2) is 18.2 Å². The van der Waals surface area contributed by atoms with Crippen LogP contribution < -0.4 is 5.73 Å². The number of rotatable bonds is 3. The van der Waals surface area contributed by atoms with Gasteiger partial charge < -0.3 is 25.2 Å². The van der Waals surface area contributed by atoms with Crippen LogP contribution >= 0.6 is 0 Å². The Morgan fingerprint density at radius 1 is 1.32 bits per heavy atom. The summed E-state index contributed by atoms with van der Waals surface area (Å²) in [7, 11) is 3.19. The number of hydrogen-bond donors (Lipinski definition) is 2. The summed E-state index contributed by atoms with van der Waals surface area (Å²) in [6.07, 6.45) is -0.257. The highest BCUT2D eigenvalue weighted by Gasteiger charge is 2.35. The Balaban J connectivity index is 2.14. The molecule has 1 saturated heterocycles. The Morgan fingerprint density at radius 2 is 1.89 bits per heavy atom. The minimum atomic E-state index is -0.170. The number of nitrogens with zero attached hydrogens (tertiary/aromatic N) is 1. The van der Waals surface area contributed by atoms with Crippen molar-refractivity contribution in [3.63, 3.8) is 0 Å². The van der Waals surface area contributed by atoms with Crippen LogP contribution in [-0.2, 0) is 9.47 Å². The molecule has 104 valence electrons. The van der Waals surface area contributed by atoms with Crippen LogP contribution in [0.3, 0.4) is 0 Å². The summed E-state index contributed by atoms with van der Waals surface area (Å²) in [5, 5.41) is 9.54. The molecule has 1 fully saturated rings. The highest BCUT2D eigenvalue weighted by molar-refractivity contribution is 5.95. The highest BCUT2D eigenvalue weighted by atomic mass is 16.5. The van der Waals surface area contributed by atoms with E-state index in [0.29, 0.717) is 18.7 Å². The lowest BCUT2D eigenvalue weighted by Gasteiger charge is -2.16. The van der Waals surface area contributed by atoms with Crippen molar-refractivity contribution in [2.45, 2.75) is 12.2 Å². The standard InChI is InChI=1S/C13H18N2O4/c1-18-11-6-15(7-12(11)19-2)13(17)8-3-4-9(14)10(16)5-8/h3-5,11-12,16H,6-7,14H2,1-2H3. The molecule has 2 atom stereocenters. The second-order valence-corrected chi connectivity index (χ2v) is 4.53. The molecule has 0 bridgehead atoms. The molecule has 2 unspecified atom stereocenters. The Labute approximate surface area is 111 Å². The minimum Gasteiger partial charge on any atom is -0.506 e. The van der Waals surface area contributed by atoms with Crippen molar-refractivity contribution in [2.24, 2.45) is 0 Å². The molecule has 1 amide bonds. The van der Waals surface area contributed by atoms with Crippen LogP contribution in [0.5, 0.6) is 5.75 Å². The predicted molar refractivity (Wildman–Crippen MR) is 70.0 cm³/mol. The fourth-order valence-corrected chi connectivity index (χ4v) is 2.22. The van der Waals surface area contributed by atoms with Crippen molar-refractivity contribution >= 4 is 11.6 Å². The fraction of sp³-hybridized carbons (Fsp3) is 0.462. The van der Waals surface area contributed by atoms with Gasteiger partial charge in [-0.15, -0.1) is 0 Å². The molecule has 1 aliphatic heterocycles. The number of carbonyl (C=O) groups is 1. The summed E-state index contributed by atoms with van der Waals surface area (Å²) in [4.78, 5) is 13.9. The van der Waals surface area contributed by atoms with E-state index in [1.165, 1.54) is 12.1 Å². The van der Waals surface area contributed by atoms with E-state index in [9.17, 15) is 9.90 Å². The zero-order valence-electron chi connectivity index (χ0n) is 11.0. The first kappa shape index (κ1) is 13.6. The number of methoxy groups -OCH3 is 2. The zero-order valence-corrected chi connectivity index (χ0v) is 11.0. The summed E-state index contributed by atoms with van der Waals surface area (Å²) in [5.74, 6) is -0.256. The number of likely N-dealkylation sites (tertiary alicyclic amines) is 1. The molecule has 3 N–H and O–H groups in total. The third kappa shape index (κ3) is 2.64. The SMILES string of the molecule is COC1CN(C(=O)c2ccc(N)c(O)c2)CC1OC. The van der Waals surface area contributed by atoms with Gasteiger partial charge in [-0.2, -0.15) is 0 Å². The molecular formula is C13H18N2O4. The Hall–Kier alpha value is -1.79. The molecule has 1 aromatic rings. The number of phenolic OH excluding ortho intramolecular Hbond substituents is 1. The van der Waals surface area contributed by atoms with Crippen LogP contribution in [0.2, 0.25) is 0 Å². The van der Waals surface area contributed by atoms with E-state index >= 15 is 0 Å². The van der Waals surface area contributed by atoms with Gasteiger partial charge in [0.15, 0.2) is 0 Å². The molecule has 0 saturated carbocycles. The highest BCUT2D eigenvalue weighted by Crippen LogP contribution is 2.23. The van der Waals surface area contributed by atoms with Gasteiger partial charge in [0.25, 0.3) is 5.91 Å². The van der Waals surface area contributed by atoms with Gasteiger partial charge in [-0.25, -0.2) is 0 Å². The van der Waals surface area contributed by atoms with Gasteiger partial charge in [0.2, 0.25) is 0 Å².